The number of likely N-dealkylation sites (tertiary alicyclic amines) is 1. The van der Waals surface area contributed by atoms with Gasteiger partial charge in [-0.25, -0.2) is 0 Å². The lowest BCUT2D eigenvalue weighted by molar-refractivity contribution is -0.136. The SMILES string of the molecule is O=C(C1CNC1)N1CC[C@H](CF)C1. The first-order valence-corrected chi connectivity index (χ1v) is 4.86. The molecule has 2 rings (SSSR count). The Kier molecular flexibility index (Phi) is 2.49. The number of alkyl halides is 1. The Hall–Kier alpha value is -0.640. The van der Waals surface area contributed by atoms with Gasteiger partial charge in [0, 0.05) is 32.1 Å². The molecule has 0 aliphatic carbocycles. The van der Waals surface area contributed by atoms with Gasteiger partial charge in [0.1, 0.15) is 0 Å². The Morgan fingerprint density at radius 2 is 2.31 bits per heavy atom. The number of hydrogen-bond donors (Lipinski definition) is 1. The van der Waals surface area contributed by atoms with Crippen molar-refractivity contribution in [3.63, 3.8) is 0 Å². The van der Waals surface area contributed by atoms with E-state index in [1.807, 2.05) is 4.90 Å². The van der Waals surface area contributed by atoms with E-state index in [-0.39, 0.29) is 24.4 Å². The quantitative estimate of drug-likeness (QED) is 0.659. The van der Waals surface area contributed by atoms with Crippen molar-refractivity contribution < 1.29 is 9.18 Å². The summed E-state index contributed by atoms with van der Waals surface area (Å²) in [6.45, 7) is 2.70. The first-order valence-electron chi connectivity index (χ1n) is 4.86. The molecule has 0 aromatic heterocycles. The number of nitrogens with zero attached hydrogens (tertiary/aromatic N) is 1. The number of hydrogen-bond acceptors (Lipinski definition) is 2. The van der Waals surface area contributed by atoms with Crippen molar-refractivity contribution in [2.24, 2.45) is 11.8 Å². The van der Waals surface area contributed by atoms with Crippen LogP contribution in [0.3, 0.4) is 0 Å². The van der Waals surface area contributed by atoms with Crippen LogP contribution in [0.1, 0.15) is 6.42 Å². The normalized spacial score (nSPS) is 29.0. The van der Waals surface area contributed by atoms with Crippen molar-refractivity contribution in [2.45, 2.75) is 6.42 Å². The van der Waals surface area contributed by atoms with Gasteiger partial charge in [0.05, 0.1) is 12.6 Å². The molecule has 13 heavy (non-hydrogen) atoms. The fraction of sp³-hybridized carbons (Fsp3) is 0.889. The third-order valence-electron chi connectivity index (χ3n) is 2.95. The van der Waals surface area contributed by atoms with E-state index in [1.165, 1.54) is 0 Å². The molecular formula is C9H15FN2O. The van der Waals surface area contributed by atoms with Crippen LogP contribution in [0.2, 0.25) is 0 Å². The summed E-state index contributed by atoms with van der Waals surface area (Å²) in [5, 5.41) is 3.07. The smallest absolute Gasteiger partial charge is 0.228 e. The van der Waals surface area contributed by atoms with E-state index >= 15 is 0 Å². The Bertz CT molecular complexity index is 206. The summed E-state index contributed by atoms with van der Waals surface area (Å²) in [6.07, 6.45) is 0.836. The van der Waals surface area contributed by atoms with E-state index in [9.17, 15) is 9.18 Å². The molecule has 1 N–H and O–H groups in total. The Morgan fingerprint density at radius 3 is 2.77 bits per heavy atom. The van der Waals surface area contributed by atoms with Crippen LogP contribution >= 0.6 is 0 Å². The van der Waals surface area contributed by atoms with E-state index in [2.05, 4.69) is 5.32 Å². The van der Waals surface area contributed by atoms with Crippen LogP contribution in [0, 0.1) is 11.8 Å². The fourth-order valence-electron chi connectivity index (χ4n) is 1.88. The van der Waals surface area contributed by atoms with Gasteiger partial charge in [0.25, 0.3) is 0 Å². The molecule has 4 heteroatoms. The highest BCUT2D eigenvalue weighted by Crippen LogP contribution is 2.19. The summed E-state index contributed by atoms with van der Waals surface area (Å²) in [5.41, 5.74) is 0. The van der Waals surface area contributed by atoms with Crippen LogP contribution in [0.15, 0.2) is 0 Å². The van der Waals surface area contributed by atoms with Crippen LogP contribution in [-0.2, 0) is 4.79 Å². The largest absolute Gasteiger partial charge is 0.342 e. The molecular weight excluding hydrogens is 171 g/mol. The second kappa shape index (κ2) is 3.62. The molecule has 1 atom stereocenters. The van der Waals surface area contributed by atoms with Crippen LogP contribution in [0.25, 0.3) is 0 Å². The molecule has 1 amide bonds. The number of carbonyl (C=O) groups is 1. The predicted molar refractivity (Wildman–Crippen MR) is 47.0 cm³/mol. The Labute approximate surface area is 77.3 Å². The van der Waals surface area contributed by atoms with Crippen molar-refractivity contribution in [1.82, 2.24) is 10.2 Å². The van der Waals surface area contributed by atoms with Crippen LogP contribution < -0.4 is 5.32 Å². The van der Waals surface area contributed by atoms with E-state index in [0.29, 0.717) is 6.54 Å². The summed E-state index contributed by atoms with van der Waals surface area (Å²) < 4.78 is 12.3. The minimum Gasteiger partial charge on any atom is -0.342 e. The second-order valence-corrected chi connectivity index (χ2v) is 3.95. The summed E-state index contributed by atoms with van der Waals surface area (Å²) in [7, 11) is 0. The Morgan fingerprint density at radius 1 is 1.54 bits per heavy atom. The summed E-state index contributed by atoms with van der Waals surface area (Å²) in [6, 6.07) is 0. The molecule has 0 radical (unpaired) electrons. The number of rotatable bonds is 2. The molecule has 0 unspecified atom stereocenters. The molecule has 3 nitrogen and oxygen atoms in total. The highest BCUT2D eigenvalue weighted by atomic mass is 19.1. The zero-order chi connectivity index (χ0) is 9.26. The van der Waals surface area contributed by atoms with Crippen molar-refractivity contribution in [3.05, 3.63) is 0 Å². The topological polar surface area (TPSA) is 32.3 Å². The number of amides is 1. The predicted octanol–water partition coefficient (Wildman–Crippen LogP) is 0.0238. The van der Waals surface area contributed by atoms with E-state index in [0.717, 1.165) is 26.1 Å². The summed E-state index contributed by atoms with van der Waals surface area (Å²) in [4.78, 5) is 13.5. The van der Waals surface area contributed by atoms with Gasteiger partial charge in [-0.05, 0) is 6.42 Å². The van der Waals surface area contributed by atoms with Gasteiger partial charge in [0.15, 0.2) is 0 Å². The first kappa shape index (κ1) is 8.94. The number of nitrogens with one attached hydrogen (secondary N) is 1. The third-order valence-corrected chi connectivity index (χ3v) is 2.95. The van der Waals surface area contributed by atoms with Gasteiger partial charge >= 0.3 is 0 Å². The van der Waals surface area contributed by atoms with Gasteiger partial charge in [-0.2, -0.15) is 0 Å². The number of carbonyl (C=O) groups excluding carboxylic acids is 1. The molecule has 0 saturated carbocycles. The summed E-state index contributed by atoms with van der Waals surface area (Å²) in [5.74, 6) is 0.477. The maximum atomic E-state index is 12.3. The zero-order valence-electron chi connectivity index (χ0n) is 7.63. The van der Waals surface area contributed by atoms with Crippen molar-refractivity contribution in [2.75, 3.05) is 32.9 Å². The molecule has 0 spiro atoms. The molecule has 0 aromatic rings. The van der Waals surface area contributed by atoms with Gasteiger partial charge < -0.3 is 10.2 Å². The van der Waals surface area contributed by atoms with Crippen LogP contribution in [0.4, 0.5) is 4.39 Å². The van der Waals surface area contributed by atoms with E-state index in [4.69, 9.17) is 0 Å². The van der Waals surface area contributed by atoms with Crippen molar-refractivity contribution in [3.8, 4) is 0 Å². The molecule has 0 aromatic carbocycles. The summed E-state index contributed by atoms with van der Waals surface area (Å²) >= 11 is 0. The molecule has 2 aliphatic heterocycles. The average Bonchev–Trinajstić information content (AvgIpc) is 2.48. The maximum Gasteiger partial charge on any atom is 0.228 e. The van der Waals surface area contributed by atoms with Crippen LogP contribution in [-0.4, -0.2) is 43.7 Å². The number of halogens is 1. The highest BCUT2D eigenvalue weighted by molar-refractivity contribution is 5.80. The molecule has 74 valence electrons. The van der Waals surface area contributed by atoms with Gasteiger partial charge in [-0.15, -0.1) is 0 Å². The minimum atomic E-state index is -0.285. The van der Waals surface area contributed by atoms with Crippen molar-refractivity contribution >= 4 is 5.91 Å². The molecule has 2 heterocycles. The lowest BCUT2D eigenvalue weighted by Gasteiger charge is -2.30. The molecule has 2 fully saturated rings. The molecule has 2 aliphatic rings. The van der Waals surface area contributed by atoms with Gasteiger partial charge in [-0.1, -0.05) is 0 Å². The van der Waals surface area contributed by atoms with Gasteiger partial charge in [0.2, 0.25) is 5.91 Å². The second-order valence-electron chi connectivity index (χ2n) is 3.95. The zero-order valence-corrected chi connectivity index (χ0v) is 7.63. The van der Waals surface area contributed by atoms with E-state index < -0.39 is 0 Å². The van der Waals surface area contributed by atoms with Crippen LogP contribution in [0.5, 0.6) is 0 Å². The standard InChI is InChI=1S/C9H15FN2O/c10-3-7-1-2-12(6-7)9(13)8-4-11-5-8/h7-8,11H,1-6H2/t7-/m1/s1. The van der Waals surface area contributed by atoms with Crippen molar-refractivity contribution in [1.29, 1.82) is 0 Å². The van der Waals surface area contributed by atoms with Gasteiger partial charge in [-0.3, -0.25) is 9.18 Å². The first-order chi connectivity index (χ1) is 6.31. The highest BCUT2D eigenvalue weighted by Gasteiger charge is 2.33. The molecule has 2 saturated heterocycles. The lowest BCUT2D eigenvalue weighted by atomic mass is 10.0. The maximum absolute atomic E-state index is 12.3. The Balaban J connectivity index is 1.84. The minimum absolute atomic E-state index is 0.0944. The van der Waals surface area contributed by atoms with E-state index in [1.54, 1.807) is 0 Å². The monoisotopic (exact) mass is 186 g/mol. The third kappa shape index (κ3) is 1.68. The lowest BCUT2D eigenvalue weighted by Crippen LogP contribution is -2.51. The molecule has 0 bridgehead atoms. The fourth-order valence-corrected chi connectivity index (χ4v) is 1.88. The average molecular weight is 186 g/mol.